The van der Waals surface area contributed by atoms with Crippen molar-refractivity contribution in [2.75, 3.05) is 5.33 Å². The normalized spacial score (nSPS) is 11.6. The van der Waals surface area contributed by atoms with Crippen molar-refractivity contribution < 1.29 is 18.1 Å². The summed E-state index contributed by atoms with van der Waals surface area (Å²) in [6.45, 7) is 0. The highest BCUT2D eigenvalue weighted by atomic mass is 79.9. The van der Waals surface area contributed by atoms with Gasteiger partial charge in [-0.3, -0.25) is 10.1 Å². The van der Waals surface area contributed by atoms with Gasteiger partial charge in [-0.1, -0.05) is 22.0 Å². The Morgan fingerprint density at radius 2 is 2.06 bits per heavy atom. The van der Waals surface area contributed by atoms with E-state index in [0.717, 1.165) is 6.07 Å². The van der Waals surface area contributed by atoms with E-state index in [-0.39, 0.29) is 22.3 Å². The third-order valence-electron chi connectivity index (χ3n) is 2.07. The highest BCUT2D eigenvalue weighted by Gasteiger charge is 2.31. The molecule has 3 nitrogen and oxygen atoms in total. The van der Waals surface area contributed by atoms with Crippen molar-refractivity contribution in [3.63, 3.8) is 0 Å². The Labute approximate surface area is 114 Å². The fourth-order valence-electron chi connectivity index (χ4n) is 1.34. The van der Waals surface area contributed by atoms with Crippen molar-refractivity contribution in [2.45, 2.75) is 23.2 Å². The first kappa shape index (κ1) is 15.3. The Morgan fingerprint density at radius 3 is 2.56 bits per heavy atom. The lowest BCUT2D eigenvalue weighted by Crippen LogP contribution is -2.02. The van der Waals surface area contributed by atoms with Crippen molar-refractivity contribution in [1.29, 1.82) is 0 Å². The van der Waals surface area contributed by atoms with Gasteiger partial charge in [-0.05, 0) is 30.2 Å². The zero-order valence-corrected chi connectivity index (χ0v) is 11.4. The Kier molecular flexibility index (Phi) is 5.46. The van der Waals surface area contributed by atoms with Crippen LogP contribution < -0.4 is 0 Å². The maximum atomic E-state index is 12.4. The van der Waals surface area contributed by atoms with E-state index in [1.165, 1.54) is 12.1 Å². The smallest absolute Gasteiger partial charge is 0.258 e. The molecule has 1 aromatic rings. The molecule has 0 aliphatic carbocycles. The van der Waals surface area contributed by atoms with Crippen LogP contribution in [-0.2, 0) is 6.42 Å². The number of nitrogens with zero attached hydrogens (tertiary/aromatic N) is 1. The van der Waals surface area contributed by atoms with Crippen LogP contribution in [0.15, 0.2) is 23.1 Å². The molecule has 0 atom stereocenters. The highest BCUT2D eigenvalue weighted by molar-refractivity contribution is 9.09. The van der Waals surface area contributed by atoms with Gasteiger partial charge >= 0.3 is 5.51 Å². The minimum atomic E-state index is -4.45. The number of thioether (sulfide) groups is 1. The van der Waals surface area contributed by atoms with Gasteiger partial charge < -0.3 is 0 Å². The number of aryl methyl sites for hydroxylation is 1. The molecule has 0 aliphatic rings. The highest BCUT2D eigenvalue weighted by Crippen LogP contribution is 2.40. The molecule has 0 radical (unpaired) electrons. The van der Waals surface area contributed by atoms with E-state index in [1.807, 2.05) is 0 Å². The van der Waals surface area contributed by atoms with E-state index in [2.05, 4.69) is 15.9 Å². The Balaban J connectivity index is 3.05. The number of benzene rings is 1. The summed E-state index contributed by atoms with van der Waals surface area (Å²) in [6, 6.07) is 3.58. The van der Waals surface area contributed by atoms with Crippen molar-refractivity contribution in [3.8, 4) is 0 Å². The third kappa shape index (κ3) is 4.85. The number of nitro benzene ring substituents is 1. The summed E-state index contributed by atoms with van der Waals surface area (Å²) < 4.78 is 37.1. The Morgan fingerprint density at radius 1 is 1.39 bits per heavy atom. The van der Waals surface area contributed by atoms with Crippen molar-refractivity contribution in [2.24, 2.45) is 0 Å². The number of non-ortho nitro benzene ring substituents is 1. The van der Waals surface area contributed by atoms with Crippen LogP contribution in [0, 0.1) is 10.1 Å². The monoisotopic (exact) mass is 343 g/mol. The maximum absolute atomic E-state index is 12.4. The van der Waals surface area contributed by atoms with Gasteiger partial charge in [0, 0.05) is 22.4 Å². The number of nitro groups is 1. The molecule has 0 aromatic heterocycles. The van der Waals surface area contributed by atoms with Gasteiger partial charge in [0.1, 0.15) is 0 Å². The van der Waals surface area contributed by atoms with Gasteiger partial charge in [-0.2, -0.15) is 13.2 Å². The number of hydrogen-bond acceptors (Lipinski definition) is 3. The van der Waals surface area contributed by atoms with Gasteiger partial charge in [0.15, 0.2) is 0 Å². The summed E-state index contributed by atoms with van der Waals surface area (Å²) in [4.78, 5) is 9.75. The summed E-state index contributed by atoms with van der Waals surface area (Å²) in [5.41, 5.74) is -4.30. The summed E-state index contributed by atoms with van der Waals surface area (Å²) in [5.74, 6) is 0. The van der Waals surface area contributed by atoms with Gasteiger partial charge in [-0.25, -0.2) is 0 Å². The molecule has 1 aromatic carbocycles. The van der Waals surface area contributed by atoms with Crippen LogP contribution in [0.5, 0.6) is 0 Å². The zero-order chi connectivity index (χ0) is 13.8. The lowest BCUT2D eigenvalue weighted by Gasteiger charge is -2.10. The van der Waals surface area contributed by atoms with Gasteiger partial charge in [0.05, 0.1) is 4.92 Å². The van der Waals surface area contributed by atoms with E-state index in [1.54, 1.807) is 0 Å². The first-order valence-corrected chi connectivity index (χ1v) is 6.86. The SMILES string of the molecule is O=[N+]([O-])c1ccc(CCCBr)c(SC(F)(F)F)c1. The topological polar surface area (TPSA) is 43.1 Å². The predicted octanol–water partition coefficient (Wildman–Crippen LogP) is 4.53. The van der Waals surface area contributed by atoms with Gasteiger partial charge in [0.2, 0.25) is 0 Å². The van der Waals surface area contributed by atoms with E-state index in [0.29, 0.717) is 23.7 Å². The lowest BCUT2D eigenvalue weighted by atomic mass is 10.1. The standard InChI is InChI=1S/C10H9BrF3NO2S/c11-5-1-2-7-3-4-8(15(16)17)6-9(7)18-10(12,13)14/h3-4,6H,1-2,5H2. The molecule has 0 unspecified atom stereocenters. The number of halogens is 4. The van der Waals surface area contributed by atoms with E-state index >= 15 is 0 Å². The summed E-state index contributed by atoms with van der Waals surface area (Å²) in [7, 11) is 0. The predicted molar refractivity (Wildman–Crippen MR) is 67.1 cm³/mol. The molecule has 0 saturated heterocycles. The van der Waals surface area contributed by atoms with Crippen LogP contribution in [0.4, 0.5) is 18.9 Å². The second-order valence-corrected chi connectivity index (χ2v) is 5.29. The molecule has 18 heavy (non-hydrogen) atoms. The van der Waals surface area contributed by atoms with E-state index in [4.69, 9.17) is 0 Å². The van der Waals surface area contributed by atoms with E-state index < -0.39 is 10.4 Å². The number of rotatable bonds is 5. The van der Waals surface area contributed by atoms with Crippen LogP contribution in [-0.4, -0.2) is 15.8 Å². The molecule has 0 amide bonds. The quantitative estimate of drug-likeness (QED) is 0.341. The average Bonchev–Trinajstić information content (AvgIpc) is 2.25. The second-order valence-electron chi connectivity index (χ2n) is 3.39. The van der Waals surface area contributed by atoms with E-state index in [9.17, 15) is 23.3 Å². The number of alkyl halides is 4. The molecule has 0 aliphatic heterocycles. The van der Waals surface area contributed by atoms with Crippen LogP contribution in [0.25, 0.3) is 0 Å². The molecule has 1 rings (SSSR count). The summed E-state index contributed by atoms with van der Waals surface area (Å²) in [5, 5.41) is 11.2. The fourth-order valence-corrected chi connectivity index (χ4v) is 2.35. The average molecular weight is 344 g/mol. The molecule has 0 fully saturated rings. The fraction of sp³-hybridized carbons (Fsp3) is 0.400. The van der Waals surface area contributed by atoms with Gasteiger partial charge in [-0.15, -0.1) is 0 Å². The molecule has 0 heterocycles. The molecular weight excluding hydrogens is 335 g/mol. The largest absolute Gasteiger partial charge is 0.446 e. The first-order valence-electron chi connectivity index (χ1n) is 4.92. The summed E-state index contributed by atoms with van der Waals surface area (Å²) in [6.07, 6.45) is 1.12. The molecule has 0 spiro atoms. The number of hydrogen-bond donors (Lipinski definition) is 0. The van der Waals surface area contributed by atoms with Crippen molar-refractivity contribution >= 4 is 33.4 Å². The zero-order valence-electron chi connectivity index (χ0n) is 9.04. The Hall–Kier alpha value is -0.760. The third-order valence-corrected chi connectivity index (χ3v) is 3.46. The Bertz CT molecular complexity index is 440. The van der Waals surface area contributed by atoms with Crippen LogP contribution in [0.2, 0.25) is 0 Å². The lowest BCUT2D eigenvalue weighted by molar-refractivity contribution is -0.385. The molecule has 8 heteroatoms. The van der Waals surface area contributed by atoms with Crippen LogP contribution in [0.1, 0.15) is 12.0 Å². The maximum Gasteiger partial charge on any atom is 0.446 e. The minimum Gasteiger partial charge on any atom is -0.258 e. The van der Waals surface area contributed by atoms with Gasteiger partial charge in [0.25, 0.3) is 5.69 Å². The molecule has 0 N–H and O–H groups in total. The second kappa shape index (κ2) is 6.42. The van der Waals surface area contributed by atoms with Crippen LogP contribution in [0.3, 0.4) is 0 Å². The molecule has 100 valence electrons. The van der Waals surface area contributed by atoms with Crippen molar-refractivity contribution in [3.05, 3.63) is 33.9 Å². The first-order chi connectivity index (χ1) is 8.33. The molecule has 0 bridgehead atoms. The minimum absolute atomic E-state index is 0.0994. The summed E-state index contributed by atoms with van der Waals surface area (Å²) >= 11 is 2.88. The molecular formula is C10H9BrF3NO2S. The van der Waals surface area contributed by atoms with Crippen LogP contribution >= 0.6 is 27.7 Å². The van der Waals surface area contributed by atoms with Crippen molar-refractivity contribution in [1.82, 2.24) is 0 Å². The molecule has 0 saturated carbocycles.